The van der Waals surface area contributed by atoms with Gasteiger partial charge >= 0.3 is 11.9 Å². The third-order valence-corrected chi connectivity index (χ3v) is 15.5. The molecule has 16 heteroatoms. The van der Waals surface area contributed by atoms with Crippen molar-refractivity contribution in [1.29, 1.82) is 0 Å². The van der Waals surface area contributed by atoms with Crippen molar-refractivity contribution in [3.05, 3.63) is 47.6 Å². The van der Waals surface area contributed by atoms with E-state index >= 15 is 0 Å². The maximum Gasteiger partial charge on any atom is 0.329 e. The summed E-state index contributed by atoms with van der Waals surface area (Å²) in [5, 5.41) is 42.9. The minimum absolute atomic E-state index is 0.0265. The Morgan fingerprint density at radius 1 is 0.901 bits per heavy atom. The minimum Gasteiger partial charge on any atom is -0.460 e. The first-order chi connectivity index (χ1) is 33.5. The molecule has 0 aromatic rings. The van der Waals surface area contributed by atoms with Gasteiger partial charge in [-0.05, 0) is 121 Å². The number of rotatable bonds is 9. The average Bonchev–Trinajstić information content (AvgIpc) is 3.35. The first kappa shape index (κ1) is 59.7. The number of methoxy groups -OCH3 is 2. The van der Waals surface area contributed by atoms with Crippen LogP contribution in [-0.2, 0) is 52.5 Å². The van der Waals surface area contributed by atoms with E-state index in [0.29, 0.717) is 70.6 Å². The van der Waals surface area contributed by atoms with Crippen LogP contribution in [0.2, 0.25) is 0 Å². The van der Waals surface area contributed by atoms with Crippen molar-refractivity contribution >= 4 is 35.2 Å². The number of cyclic esters (lactones) is 1. The van der Waals surface area contributed by atoms with Crippen LogP contribution in [-0.4, -0.2) is 143 Å². The maximum absolute atomic E-state index is 14.5. The highest BCUT2D eigenvalue weighted by atomic mass is 16.6. The van der Waals surface area contributed by atoms with Gasteiger partial charge in [-0.25, -0.2) is 4.79 Å². The molecule has 3 fully saturated rings. The molecule has 4 rings (SSSR count). The lowest BCUT2D eigenvalue weighted by Crippen LogP contribution is -2.60. The molecule has 0 aromatic carbocycles. The van der Waals surface area contributed by atoms with Crippen LogP contribution < -0.4 is 0 Å². The Balaban J connectivity index is 1.67. The van der Waals surface area contributed by atoms with Gasteiger partial charge in [0.2, 0.25) is 5.79 Å². The fraction of sp³-hybridized carbons (Fsp3) is 0.745. The van der Waals surface area contributed by atoms with Crippen molar-refractivity contribution in [3.8, 4) is 0 Å². The van der Waals surface area contributed by atoms with Gasteiger partial charge in [-0.1, -0.05) is 76.6 Å². The van der Waals surface area contributed by atoms with E-state index in [0.717, 1.165) is 5.57 Å². The number of Topliss-reactive ketones (excluding diaryl/α,β-unsaturated/α-hetero) is 3. The molecule has 1 aliphatic carbocycles. The van der Waals surface area contributed by atoms with E-state index < -0.39 is 114 Å². The number of ether oxygens (including phenoxy) is 5. The number of amides is 1. The lowest BCUT2D eigenvalue weighted by atomic mass is 9.78. The number of aliphatic hydroxyl groups is 4. The van der Waals surface area contributed by atoms with E-state index in [-0.39, 0.29) is 48.4 Å². The Bertz CT molecular complexity index is 1950. The monoisotopic (exact) mass is 1000 g/mol. The summed E-state index contributed by atoms with van der Waals surface area (Å²) in [6.07, 6.45) is 11.8. The summed E-state index contributed by atoms with van der Waals surface area (Å²) in [6.45, 7) is 12.9. The largest absolute Gasteiger partial charge is 0.460 e. The summed E-state index contributed by atoms with van der Waals surface area (Å²) in [5.41, 5.74) is -0.166. The zero-order chi connectivity index (χ0) is 52.8. The predicted octanol–water partition coefficient (Wildman–Crippen LogP) is 6.10. The van der Waals surface area contributed by atoms with E-state index in [1.165, 1.54) is 26.0 Å². The molecule has 4 aliphatic rings. The molecule has 400 valence electrons. The van der Waals surface area contributed by atoms with Gasteiger partial charge in [0.25, 0.3) is 11.7 Å². The smallest absolute Gasteiger partial charge is 0.329 e. The molecule has 1 amide bonds. The lowest BCUT2D eigenvalue weighted by Gasteiger charge is -2.42. The number of carbonyl (C=O) groups excluding carboxylic acids is 6. The molecular weight excluding hydrogens is 915 g/mol. The van der Waals surface area contributed by atoms with Crippen LogP contribution in [0.4, 0.5) is 0 Å². The summed E-state index contributed by atoms with van der Waals surface area (Å²) in [5.74, 6) is -9.01. The van der Waals surface area contributed by atoms with Gasteiger partial charge < -0.3 is 49.0 Å². The standard InChI is InChI=1S/C55H85NO15/c1-33-16-12-11-13-17-34(2)26-37(5)47(60)49(68-10)48(61)38(6)27-35(3)43(59)30-45(36(4)28-40-21-24-44(46(29-40)67-9)70-53(65)54(8,31-57)32-58)69-52(64)42-18-14-15-25-56(42)51(63)50(62)55(66)39(7)20-23-41(71-55)22-19-33/h11-13,16-17,27,34,36-42,44-46,48-49,57-58,61,66H,14-15,18-26,28-32H2,1-10H3/b12-11?,17-13?,33-16?,35-27-. The van der Waals surface area contributed by atoms with Gasteiger partial charge in [-0.3, -0.25) is 24.0 Å². The number of fused-ring (bicyclic) bond motifs is 3. The Morgan fingerprint density at radius 2 is 1.61 bits per heavy atom. The second kappa shape index (κ2) is 27.4. The minimum atomic E-state index is -2.40. The summed E-state index contributed by atoms with van der Waals surface area (Å²) in [7, 11) is 2.88. The topological polar surface area (TPSA) is 233 Å². The number of esters is 2. The molecule has 0 spiro atoms. The molecule has 2 saturated heterocycles. The highest BCUT2D eigenvalue weighted by Crippen LogP contribution is 2.38. The van der Waals surface area contributed by atoms with Gasteiger partial charge in [0.15, 0.2) is 11.6 Å². The predicted molar refractivity (Wildman–Crippen MR) is 265 cm³/mol. The number of piperidine rings is 1. The van der Waals surface area contributed by atoms with E-state index in [9.17, 15) is 49.2 Å². The van der Waals surface area contributed by atoms with Crippen molar-refractivity contribution in [2.24, 2.45) is 40.9 Å². The molecule has 0 radical (unpaired) electrons. The molecule has 3 heterocycles. The lowest BCUT2D eigenvalue weighted by molar-refractivity contribution is -0.263. The second-order valence-corrected chi connectivity index (χ2v) is 21.5. The van der Waals surface area contributed by atoms with Crippen LogP contribution in [0.15, 0.2) is 47.6 Å². The highest BCUT2D eigenvalue weighted by molar-refractivity contribution is 6.39. The first-order valence-electron chi connectivity index (χ1n) is 25.9. The molecule has 4 N–H and O–H groups in total. The number of aliphatic hydroxyl groups excluding tert-OH is 3. The molecular formula is C55H85NO15. The van der Waals surface area contributed by atoms with E-state index in [1.54, 1.807) is 26.8 Å². The molecule has 3 aliphatic heterocycles. The SMILES string of the molecule is COC1CC(CC(C)C2CC(=O)/C(C)=C\C(C)C(O)C(OC)C(=O)C(C)CC(C)C=CC=CC=C(C)CCC3CCC(C)C(O)(O3)C(=O)C(=O)N3CCCCC3C(=O)O2)CCC1OC(=O)C(C)(CO)CO. The third-order valence-electron chi connectivity index (χ3n) is 15.5. The molecule has 71 heavy (non-hydrogen) atoms. The Kier molecular flexibility index (Phi) is 23.0. The normalized spacial score (nSPS) is 35.5. The van der Waals surface area contributed by atoms with Crippen molar-refractivity contribution < 1.29 is 72.9 Å². The van der Waals surface area contributed by atoms with Crippen LogP contribution in [0.3, 0.4) is 0 Å². The quantitative estimate of drug-likeness (QED) is 0.151. The number of allylic oxidation sites excluding steroid dienone is 7. The van der Waals surface area contributed by atoms with Crippen molar-refractivity contribution in [2.45, 2.75) is 187 Å². The van der Waals surface area contributed by atoms with E-state index in [2.05, 4.69) is 0 Å². The van der Waals surface area contributed by atoms with E-state index in [4.69, 9.17) is 23.7 Å². The summed E-state index contributed by atoms with van der Waals surface area (Å²) in [6, 6.07) is -1.18. The Hall–Kier alpha value is -3.90. The average molecular weight is 1000 g/mol. The zero-order valence-electron chi connectivity index (χ0n) is 44.0. The first-order valence-corrected chi connectivity index (χ1v) is 25.9. The van der Waals surface area contributed by atoms with Gasteiger partial charge in [0.05, 0.1) is 31.5 Å². The Morgan fingerprint density at radius 3 is 2.27 bits per heavy atom. The van der Waals surface area contributed by atoms with Gasteiger partial charge in [0.1, 0.15) is 29.8 Å². The summed E-state index contributed by atoms with van der Waals surface area (Å²) in [4.78, 5) is 85.0. The highest BCUT2D eigenvalue weighted by Gasteiger charge is 2.53. The van der Waals surface area contributed by atoms with Crippen LogP contribution in [0.25, 0.3) is 0 Å². The fourth-order valence-electron chi connectivity index (χ4n) is 10.4. The number of carbonyl (C=O) groups is 6. The second-order valence-electron chi connectivity index (χ2n) is 21.5. The van der Waals surface area contributed by atoms with Gasteiger partial charge in [0, 0.05) is 44.9 Å². The third kappa shape index (κ3) is 15.8. The van der Waals surface area contributed by atoms with Crippen LogP contribution in [0.1, 0.15) is 139 Å². The molecule has 1 saturated carbocycles. The van der Waals surface area contributed by atoms with Crippen LogP contribution in [0.5, 0.6) is 0 Å². The van der Waals surface area contributed by atoms with Crippen molar-refractivity contribution in [2.75, 3.05) is 34.0 Å². The number of ketones is 3. The van der Waals surface area contributed by atoms with Crippen molar-refractivity contribution in [3.63, 3.8) is 0 Å². The Labute approximate surface area is 421 Å². The van der Waals surface area contributed by atoms with E-state index in [1.807, 2.05) is 58.1 Å². The molecule has 14 unspecified atom stereocenters. The van der Waals surface area contributed by atoms with Crippen LogP contribution in [0, 0.1) is 40.9 Å². The van der Waals surface area contributed by atoms with Gasteiger partial charge in [-0.15, -0.1) is 0 Å². The molecule has 2 bridgehead atoms. The van der Waals surface area contributed by atoms with Gasteiger partial charge in [-0.2, -0.15) is 0 Å². The number of hydrogen-bond donors (Lipinski definition) is 4. The van der Waals surface area contributed by atoms with Crippen molar-refractivity contribution in [1.82, 2.24) is 4.90 Å². The summed E-state index contributed by atoms with van der Waals surface area (Å²) < 4.78 is 29.5. The molecule has 16 nitrogen and oxygen atoms in total. The maximum atomic E-state index is 14.5. The van der Waals surface area contributed by atoms with Crippen LogP contribution >= 0.6 is 0 Å². The number of hydrogen-bond acceptors (Lipinski definition) is 15. The fourth-order valence-corrected chi connectivity index (χ4v) is 10.4. The zero-order valence-corrected chi connectivity index (χ0v) is 44.0. The molecule has 0 aromatic heterocycles. The number of nitrogens with zero attached hydrogens (tertiary/aromatic N) is 1. The molecule has 14 atom stereocenters. The summed E-state index contributed by atoms with van der Waals surface area (Å²) >= 11 is 0.